The fourth-order valence-corrected chi connectivity index (χ4v) is 2.35. The maximum Gasteiger partial charge on any atom is 0.201 e. The Kier molecular flexibility index (Phi) is 3.07. The number of benzene rings is 1. The van der Waals surface area contributed by atoms with E-state index in [1.54, 1.807) is 24.4 Å². The highest BCUT2D eigenvalue weighted by molar-refractivity contribution is 7.99. The standard InChI is InChI=1S/C12H9ClFN5S/c13-8-2-1-7(5-9(8)20-6-14)17-12-10-11(18-19-12)16-4-3-15-10/h1-5H,6H2,(H2,16,17,18,19)/i6D2,14-1. The first kappa shape index (κ1) is 10.9. The maximum atomic E-state index is 13.2. The summed E-state index contributed by atoms with van der Waals surface area (Å²) < 4.78 is 27.1. The lowest BCUT2D eigenvalue weighted by Gasteiger charge is -2.07. The predicted octanol–water partition coefficient (Wildman–Crippen LogP) is 3.77. The van der Waals surface area contributed by atoms with Gasteiger partial charge < -0.3 is 5.32 Å². The lowest BCUT2D eigenvalue weighted by molar-refractivity contribution is 0.606. The molecule has 0 fully saturated rings. The summed E-state index contributed by atoms with van der Waals surface area (Å²) in [5, 5.41) is 10.1. The summed E-state index contributed by atoms with van der Waals surface area (Å²) in [5.41, 5.74) is 1.62. The van der Waals surface area contributed by atoms with E-state index < -0.39 is 5.96 Å². The third-order valence-electron chi connectivity index (χ3n) is 2.54. The van der Waals surface area contributed by atoms with Gasteiger partial charge in [0.2, 0.25) is 5.65 Å². The molecule has 3 aromatic rings. The Bertz CT molecular complexity index is 823. The quantitative estimate of drug-likeness (QED) is 0.718. The third-order valence-corrected chi connectivity index (χ3v) is 3.61. The number of aromatic amines is 1. The molecular weight excluding hydrogens is 300 g/mol. The van der Waals surface area contributed by atoms with Gasteiger partial charge in [0.25, 0.3) is 0 Å². The van der Waals surface area contributed by atoms with Crippen LogP contribution in [0.3, 0.4) is 0 Å². The molecule has 0 spiro atoms. The van der Waals surface area contributed by atoms with Crippen LogP contribution in [0.25, 0.3) is 11.2 Å². The van der Waals surface area contributed by atoms with Crippen LogP contribution in [0.4, 0.5) is 15.9 Å². The second-order valence-electron chi connectivity index (χ2n) is 3.78. The second kappa shape index (κ2) is 5.64. The molecule has 0 atom stereocenters. The molecule has 0 radical (unpaired) electrons. The Morgan fingerprint density at radius 1 is 1.40 bits per heavy atom. The maximum absolute atomic E-state index is 13.2. The molecule has 2 N–H and O–H groups in total. The van der Waals surface area contributed by atoms with E-state index in [1.807, 2.05) is 0 Å². The molecule has 0 saturated carbocycles. The van der Waals surface area contributed by atoms with Crippen molar-refractivity contribution in [2.24, 2.45) is 0 Å². The summed E-state index contributed by atoms with van der Waals surface area (Å²) in [6, 6.07) is 4.79. The number of nitrogens with zero attached hydrogens (tertiary/aromatic N) is 3. The average molecular weight is 311 g/mol. The van der Waals surface area contributed by atoms with Gasteiger partial charge in [-0.3, -0.25) is 5.10 Å². The van der Waals surface area contributed by atoms with Crippen molar-refractivity contribution in [2.45, 2.75) is 4.90 Å². The number of fused-ring (bicyclic) bond motifs is 1. The summed E-state index contributed by atoms with van der Waals surface area (Å²) >= 11 is 6.35. The Labute approximate surface area is 125 Å². The second-order valence-corrected chi connectivity index (χ2v) is 4.98. The van der Waals surface area contributed by atoms with Crippen LogP contribution in [0.2, 0.25) is 5.02 Å². The van der Waals surface area contributed by atoms with E-state index in [2.05, 4.69) is 25.5 Å². The Hall–Kier alpha value is -1.86. The molecule has 3 rings (SSSR count). The topological polar surface area (TPSA) is 66.5 Å². The predicted molar refractivity (Wildman–Crippen MR) is 78.3 cm³/mol. The van der Waals surface area contributed by atoms with Crippen molar-refractivity contribution in [1.29, 1.82) is 0 Å². The molecule has 0 amide bonds. The Morgan fingerprint density at radius 3 is 3.10 bits per heavy atom. The van der Waals surface area contributed by atoms with Crippen LogP contribution in [0, 0.1) is 0 Å². The minimum absolute atomic E-state index is 0.270. The van der Waals surface area contributed by atoms with Crippen LogP contribution >= 0.6 is 23.4 Å². The van der Waals surface area contributed by atoms with Crippen LogP contribution in [0.1, 0.15) is 2.74 Å². The number of alkyl halides is 1. The van der Waals surface area contributed by atoms with Gasteiger partial charge in [-0.2, -0.15) is 5.10 Å². The molecule has 0 aliphatic heterocycles. The minimum Gasteiger partial charge on any atom is -0.339 e. The molecule has 5 nitrogen and oxygen atoms in total. The first-order valence-corrected chi connectivity index (χ1v) is 6.71. The van der Waals surface area contributed by atoms with Crippen LogP contribution in [0.15, 0.2) is 35.5 Å². The highest BCUT2D eigenvalue weighted by atomic mass is 35.5. The smallest absolute Gasteiger partial charge is 0.201 e. The zero-order chi connectivity index (χ0) is 15.7. The van der Waals surface area contributed by atoms with E-state index in [0.717, 1.165) is 0 Å². The van der Waals surface area contributed by atoms with Crippen molar-refractivity contribution < 1.29 is 7.13 Å². The number of nitrogens with one attached hydrogen (secondary N) is 2. The van der Waals surface area contributed by atoms with Gasteiger partial charge in [-0.25, -0.2) is 14.4 Å². The lowest BCUT2D eigenvalue weighted by Crippen LogP contribution is -1.92. The molecule has 0 aliphatic carbocycles. The van der Waals surface area contributed by atoms with E-state index in [-0.39, 0.29) is 9.92 Å². The van der Waals surface area contributed by atoms with Gasteiger partial charge in [0.1, 0.15) is 5.96 Å². The number of H-pyrrole nitrogens is 1. The van der Waals surface area contributed by atoms with Crippen molar-refractivity contribution in [3.63, 3.8) is 0 Å². The zero-order valence-corrected chi connectivity index (χ0v) is 11.5. The Balaban J connectivity index is 1.91. The van der Waals surface area contributed by atoms with Crippen molar-refractivity contribution in [3.8, 4) is 0 Å². The molecule has 102 valence electrons. The number of aromatic nitrogens is 4. The van der Waals surface area contributed by atoms with E-state index in [4.69, 9.17) is 14.3 Å². The van der Waals surface area contributed by atoms with Crippen molar-refractivity contribution in [1.82, 2.24) is 20.2 Å². The summed E-state index contributed by atoms with van der Waals surface area (Å²) in [7, 11) is 0. The SMILES string of the molecule is [2H]C([2H])([18F])Sc1cc(Nc2[nH]nc3nccnc23)ccc1Cl. The van der Waals surface area contributed by atoms with Crippen molar-refractivity contribution in [3.05, 3.63) is 35.6 Å². The number of hydrogen-bond acceptors (Lipinski definition) is 5. The lowest BCUT2D eigenvalue weighted by atomic mass is 10.3. The first-order valence-electron chi connectivity index (χ1n) is 6.52. The zero-order valence-electron chi connectivity index (χ0n) is 11.9. The third kappa shape index (κ3) is 2.54. The highest BCUT2D eigenvalue weighted by Gasteiger charge is 2.08. The van der Waals surface area contributed by atoms with Gasteiger partial charge in [-0.15, -0.1) is 0 Å². The highest BCUT2D eigenvalue weighted by Crippen LogP contribution is 2.31. The van der Waals surface area contributed by atoms with E-state index in [0.29, 0.717) is 34.4 Å². The Morgan fingerprint density at radius 2 is 2.25 bits per heavy atom. The number of anilines is 2. The largest absolute Gasteiger partial charge is 0.339 e. The van der Waals surface area contributed by atoms with Crippen LogP contribution in [-0.2, 0) is 0 Å². The number of halogens is 2. The number of rotatable bonds is 4. The summed E-state index contributed by atoms with van der Waals surface area (Å²) in [6.45, 7) is 0. The molecule has 2 aromatic heterocycles. The molecule has 0 unspecified atom stereocenters. The molecule has 20 heavy (non-hydrogen) atoms. The summed E-state index contributed by atoms with van der Waals surface area (Å²) in [4.78, 5) is 8.51. The molecular formula is C12H9ClFN5S. The minimum atomic E-state index is -2.91. The number of thioether (sulfide) groups is 1. The molecule has 0 saturated heterocycles. The fraction of sp³-hybridized carbons (Fsp3) is 0.0833. The van der Waals surface area contributed by atoms with Gasteiger partial charge in [-0.1, -0.05) is 23.4 Å². The molecule has 0 aliphatic rings. The molecule has 8 heteroatoms. The normalized spacial score (nSPS) is 13.1. The summed E-state index contributed by atoms with van der Waals surface area (Å²) in [5.74, 6) is -2.38. The van der Waals surface area contributed by atoms with Crippen LogP contribution < -0.4 is 5.32 Å². The van der Waals surface area contributed by atoms with Crippen molar-refractivity contribution >= 4 is 46.0 Å². The first-order chi connectivity index (χ1) is 10.4. The van der Waals surface area contributed by atoms with E-state index in [1.165, 1.54) is 6.20 Å². The molecule has 0 bridgehead atoms. The number of hydrogen-bond donors (Lipinski definition) is 2. The fourth-order valence-electron chi connectivity index (χ4n) is 1.68. The molecule has 1 aromatic carbocycles. The average Bonchev–Trinajstić information content (AvgIpc) is 2.85. The van der Waals surface area contributed by atoms with Crippen molar-refractivity contribution in [2.75, 3.05) is 11.3 Å². The van der Waals surface area contributed by atoms with Gasteiger partial charge in [0.15, 0.2) is 11.3 Å². The van der Waals surface area contributed by atoms with Gasteiger partial charge in [-0.05, 0) is 18.2 Å². The van der Waals surface area contributed by atoms with Gasteiger partial charge in [0.05, 0.1) is 7.76 Å². The molecule has 2 heterocycles. The van der Waals surface area contributed by atoms with Crippen LogP contribution in [0.5, 0.6) is 0 Å². The summed E-state index contributed by atoms with van der Waals surface area (Å²) in [6.07, 6.45) is 3.08. The monoisotopic (exact) mass is 310 g/mol. The van der Waals surface area contributed by atoms with Crippen LogP contribution in [-0.4, -0.2) is 26.1 Å². The van der Waals surface area contributed by atoms with E-state index in [9.17, 15) is 4.39 Å². The van der Waals surface area contributed by atoms with Gasteiger partial charge in [0, 0.05) is 23.0 Å². The van der Waals surface area contributed by atoms with E-state index >= 15 is 0 Å². The van der Waals surface area contributed by atoms with Gasteiger partial charge >= 0.3 is 0 Å².